The predicted octanol–water partition coefficient (Wildman–Crippen LogP) is 4.89. The minimum atomic E-state index is -0.608. The Labute approximate surface area is 169 Å². The van der Waals surface area contributed by atoms with E-state index in [4.69, 9.17) is 21.4 Å². The summed E-state index contributed by atoms with van der Waals surface area (Å²) in [5.41, 5.74) is 3.60. The Morgan fingerprint density at radius 1 is 0.929 bits per heavy atom. The number of esters is 1. The van der Waals surface area contributed by atoms with Gasteiger partial charge in [0.05, 0.1) is 24.4 Å². The summed E-state index contributed by atoms with van der Waals surface area (Å²) in [6.45, 7) is 0. The topological polar surface area (TPSA) is 41.9 Å². The Hall–Kier alpha value is -3.11. The number of carbonyl (C=O) groups excluding carboxylic acids is 1. The molecule has 0 radical (unpaired) electrons. The number of carbonyl (C=O) groups is 1. The second kappa shape index (κ2) is 7.87. The third-order valence-electron chi connectivity index (χ3n) is 4.85. The zero-order valence-electron chi connectivity index (χ0n) is 15.3. The summed E-state index contributed by atoms with van der Waals surface area (Å²) < 4.78 is 5.17. The van der Waals surface area contributed by atoms with Gasteiger partial charge in [0, 0.05) is 5.02 Å². The molecule has 4 nitrogen and oxygen atoms in total. The lowest BCUT2D eigenvalue weighted by molar-refractivity contribution is -0.142. The molecule has 1 heterocycles. The number of anilines is 1. The van der Waals surface area contributed by atoms with Crippen molar-refractivity contribution >= 4 is 29.0 Å². The van der Waals surface area contributed by atoms with Gasteiger partial charge >= 0.3 is 5.97 Å². The molecule has 28 heavy (non-hydrogen) atoms. The Balaban J connectivity index is 1.88. The van der Waals surface area contributed by atoms with Gasteiger partial charge in [0.15, 0.2) is 6.04 Å². The van der Waals surface area contributed by atoms with E-state index in [1.54, 1.807) is 17.1 Å². The van der Waals surface area contributed by atoms with Crippen LogP contribution in [0, 0.1) is 0 Å². The lowest BCUT2D eigenvalue weighted by atomic mass is 9.85. The van der Waals surface area contributed by atoms with Crippen LogP contribution >= 0.6 is 11.6 Å². The molecule has 3 aromatic carbocycles. The van der Waals surface area contributed by atoms with Gasteiger partial charge in [-0.25, -0.2) is 9.80 Å². The lowest BCUT2D eigenvalue weighted by Gasteiger charge is -2.26. The molecule has 140 valence electrons. The largest absolute Gasteiger partial charge is 0.467 e. The fraction of sp³-hybridized carbons (Fsp3) is 0.130. The van der Waals surface area contributed by atoms with Crippen LogP contribution in [0.15, 0.2) is 90.0 Å². The van der Waals surface area contributed by atoms with Crippen molar-refractivity contribution in [1.29, 1.82) is 0 Å². The number of ether oxygens (including phenoxy) is 1. The zero-order valence-corrected chi connectivity index (χ0v) is 16.1. The molecule has 0 saturated carbocycles. The first kappa shape index (κ1) is 18.3. The van der Waals surface area contributed by atoms with Crippen LogP contribution in [0.4, 0.5) is 5.69 Å². The molecule has 0 amide bonds. The molecule has 1 aliphatic rings. The van der Waals surface area contributed by atoms with Crippen LogP contribution in [0.3, 0.4) is 0 Å². The molecule has 3 aromatic rings. The first-order chi connectivity index (χ1) is 13.7. The van der Waals surface area contributed by atoms with E-state index in [1.807, 2.05) is 72.8 Å². The number of halogens is 1. The predicted molar refractivity (Wildman–Crippen MR) is 112 cm³/mol. The van der Waals surface area contributed by atoms with Gasteiger partial charge < -0.3 is 4.74 Å². The fourth-order valence-corrected chi connectivity index (χ4v) is 3.67. The van der Waals surface area contributed by atoms with Crippen molar-refractivity contribution in [1.82, 2.24) is 0 Å². The molecule has 5 heteroatoms. The molecule has 0 aromatic heterocycles. The average molecular weight is 391 g/mol. The maximum atomic E-state index is 12.9. The summed E-state index contributed by atoms with van der Waals surface area (Å²) in [4.78, 5) is 12.9. The van der Waals surface area contributed by atoms with Crippen LogP contribution < -0.4 is 5.01 Å². The molecule has 4 rings (SSSR count). The minimum absolute atomic E-state index is 0.258. The maximum absolute atomic E-state index is 12.9. The highest BCUT2D eigenvalue weighted by Crippen LogP contribution is 2.38. The number of rotatable bonds is 4. The van der Waals surface area contributed by atoms with Gasteiger partial charge in [-0.3, -0.25) is 0 Å². The Morgan fingerprint density at radius 3 is 2.14 bits per heavy atom. The third kappa shape index (κ3) is 3.39. The molecular formula is C23H19ClN2O2. The minimum Gasteiger partial charge on any atom is -0.467 e. The highest BCUT2D eigenvalue weighted by Gasteiger charge is 2.44. The van der Waals surface area contributed by atoms with Gasteiger partial charge in [0.1, 0.15) is 0 Å². The molecule has 0 unspecified atom stereocenters. The van der Waals surface area contributed by atoms with Crippen molar-refractivity contribution in [3.05, 3.63) is 101 Å². The highest BCUT2D eigenvalue weighted by atomic mass is 35.5. The van der Waals surface area contributed by atoms with E-state index >= 15 is 0 Å². The monoisotopic (exact) mass is 390 g/mol. The van der Waals surface area contributed by atoms with Gasteiger partial charge in [-0.15, -0.1) is 0 Å². The summed E-state index contributed by atoms with van der Waals surface area (Å²) in [6.07, 6.45) is 0. The second-order valence-corrected chi connectivity index (χ2v) is 6.97. The van der Waals surface area contributed by atoms with E-state index in [9.17, 15) is 4.79 Å². The number of nitrogens with zero attached hydrogens (tertiary/aromatic N) is 2. The molecule has 0 aliphatic carbocycles. The molecule has 0 bridgehead atoms. The van der Waals surface area contributed by atoms with Gasteiger partial charge in [-0.1, -0.05) is 72.3 Å². The highest BCUT2D eigenvalue weighted by molar-refractivity contribution is 6.30. The summed E-state index contributed by atoms with van der Waals surface area (Å²) in [5, 5.41) is 7.24. The fourth-order valence-electron chi connectivity index (χ4n) is 3.55. The molecular weight excluding hydrogens is 372 g/mol. The number of methoxy groups -OCH3 is 1. The summed E-state index contributed by atoms with van der Waals surface area (Å²) in [5.74, 6) is -0.592. The van der Waals surface area contributed by atoms with E-state index in [-0.39, 0.29) is 11.9 Å². The quantitative estimate of drug-likeness (QED) is 0.595. The van der Waals surface area contributed by atoms with Crippen molar-refractivity contribution in [3.8, 4) is 0 Å². The summed E-state index contributed by atoms with van der Waals surface area (Å²) in [7, 11) is 1.41. The molecule has 0 N–H and O–H groups in total. The maximum Gasteiger partial charge on any atom is 0.331 e. The standard InChI is InChI=1S/C23H19ClN2O2/c1-28-23(27)22-20(16-8-4-2-5-9-16)21(17-10-6-3-7-11-17)25-26(22)19-14-12-18(24)13-15-19/h2-15,20,22H,1H3/t20-,22-/m0/s1. The summed E-state index contributed by atoms with van der Waals surface area (Å²) >= 11 is 6.05. The van der Waals surface area contributed by atoms with Crippen molar-refractivity contribution < 1.29 is 9.53 Å². The molecule has 1 aliphatic heterocycles. The van der Waals surface area contributed by atoms with E-state index in [2.05, 4.69) is 0 Å². The normalized spacial score (nSPS) is 18.6. The van der Waals surface area contributed by atoms with Crippen LogP contribution in [-0.4, -0.2) is 24.8 Å². The number of hydrazone groups is 1. The van der Waals surface area contributed by atoms with Crippen LogP contribution in [-0.2, 0) is 9.53 Å². The van der Waals surface area contributed by atoms with Crippen molar-refractivity contribution in [3.63, 3.8) is 0 Å². The lowest BCUT2D eigenvalue weighted by Crippen LogP contribution is -2.40. The van der Waals surface area contributed by atoms with Crippen molar-refractivity contribution in [2.45, 2.75) is 12.0 Å². The molecule has 2 atom stereocenters. The smallest absolute Gasteiger partial charge is 0.331 e. The second-order valence-electron chi connectivity index (χ2n) is 6.53. The zero-order chi connectivity index (χ0) is 19.5. The van der Waals surface area contributed by atoms with E-state index in [1.165, 1.54) is 7.11 Å². The van der Waals surface area contributed by atoms with Gasteiger partial charge in [0.2, 0.25) is 0 Å². The Morgan fingerprint density at radius 2 is 1.54 bits per heavy atom. The SMILES string of the molecule is COC(=O)[C@@H]1[C@@H](c2ccccc2)C(c2ccccc2)=NN1c1ccc(Cl)cc1. The number of hydrogen-bond acceptors (Lipinski definition) is 4. The first-order valence-electron chi connectivity index (χ1n) is 9.00. The van der Waals surface area contributed by atoms with Crippen LogP contribution in [0.2, 0.25) is 5.02 Å². The van der Waals surface area contributed by atoms with E-state index in [0.29, 0.717) is 5.02 Å². The van der Waals surface area contributed by atoms with Crippen LogP contribution in [0.5, 0.6) is 0 Å². The Bertz CT molecular complexity index is 988. The van der Waals surface area contributed by atoms with Crippen LogP contribution in [0.1, 0.15) is 17.0 Å². The third-order valence-corrected chi connectivity index (χ3v) is 5.10. The van der Waals surface area contributed by atoms with E-state index in [0.717, 1.165) is 22.5 Å². The number of benzene rings is 3. The molecule has 0 saturated heterocycles. The van der Waals surface area contributed by atoms with Gasteiger partial charge in [-0.2, -0.15) is 5.10 Å². The van der Waals surface area contributed by atoms with Gasteiger partial charge in [-0.05, 0) is 35.4 Å². The first-order valence-corrected chi connectivity index (χ1v) is 9.38. The van der Waals surface area contributed by atoms with Crippen molar-refractivity contribution in [2.75, 3.05) is 12.1 Å². The molecule has 0 fully saturated rings. The number of hydrogen-bond donors (Lipinski definition) is 0. The van der Waals surface area contributed by atoms with Crippen LogP contribution in [0.25, 0.3) is 0 Å². The molecule has 0 spiro atoms. The van der Waals surface area contributed by atoms with Crippen molar-refractivity contribution in [2.24, 2.45) is 5.10 Å². The Kier molecular flexibility index (Phi) is 5.13. The van der Waals surface area contributed by atoms with E-state index < -0.39 is 6.04 Å². The van der Waals surface area contributed by atoms with Gasteiger partial charge in [0.25, 0.3) is 0 Å². The average Bonchev–Trinajstić information content (AvgIpc) is 3.15. The summed E-state index contributed by atoms with van der Waals surface area (Å²) in [6, 6.07) is 26.5.